The predicted octanol–water partition coefficient (Wildman–Crippen LogP) is 1.10. The summed E-state index contributed by atoms with van der Waals surface area (Å²) in [5.74, 6) is -0.131. The van der Waals surface area contributed by atoms with Gasteiger partial charge in [-0.05, 0) is 26.2 Å². The highest BCUT2D eigenvalue weighted by molar-refractivity contribution is 5.80. The van der Waals surface area contributed by atoms with Crippen molar-refractivity contribution in [2.24, 2.45) is 10.8 Å². The Morgan fingerprint density at radius 3 is 2.85 bits per heavy atom. The lowest BCUT2D eigenvalue weighted by atomic mass is 9.58. The van der Waals surface area contributed by atoms with E-state index in [9.17, 15) is 9.90 Å². The van der Waals surface area contributed by atoms with Gasteiger partial charge in [-0.15, -0.1) is 0 Å². The molecule has 1 aliphatic heterocycles. The number of aliphatic hydroxyl groups is 1. The van der Waals surface area contributed by atoms with Crippen LogP contribution in [0.2, 0.25) is 0 Å². The fraction of sp³-hybridized carbons (Fsp3) is 0.900. The van der Waals surface area contributed by atoms with Gasteiger partial charge in [-0.2, -0.15) is 0 Å². The number of fused-ring (bicyclic) bond motifs is 1. The average molecular weight is 184 g/mol. The van der Waals surface area contributed by atoms with Crippen molar-refractivity contribution in [2.75, 3.05) is 6.61 Å². The SMILES string of the molecule is CC12CCCC(O)C1(C)COC2=O. The summed E-state index contributed by atoms with van der Waals surface area (Å²) in [5.41, 5.74) is -0.812. The first-order valence-corrected chi connectivity index (χ1v) is 4.86. The van der Waals surface area contributed by atoms with Crippen molar-refractivity contribution < 1.29 is 14.6 Å². The number of hydrogen-bond acceptors (Lipinski definition) is 3. The van der Waals surface area contributed by atoms with Crippen molar-refractivity contribution >= 4 is 5.97 Å². The lowest BCUT2D eigenvalue weighted by Crippen LogP contribution is -2.50. The highest BCUT2D eigenvalue weighted by Crippen LogP contribution is 2.54. The standard InChI is InChI=1S/C10H16O3/c1-9-5-3-4-7(11)10(9,2)6-13-8(9)12/h7,11H,3-6H2,1-2H3. The van der Waals surface area contributed by atoms with E-state index < -0.39 is 11.5 Å². The average Bonchev–Trinajstić information content (AvgIpc) is 2.31. The lowest BCUT2D eigenvalue weighted by Gasteiger charge is -2.44. The van der Waals surface area contributed by atoms with Crippen molar-refractivity contribution in [3.63, 3.8) is 0 Å². The van der Waals surface area contributed by atoms with E-state index in [0.29, 0.717) is 6.61 Å². The summed E-state index contributed by atoms with van der Waals surface area (Å²) in [5, 5.41) is 9.89. The number of carbonyl (C=O) groups is 1. The number of aliphatic hydroxyl groups excluding tert-OH is 1. The number of esters is 1. The molecule has 0 amide bonds. The van der Waals surface area contributed by atoms with E-state index in [1.807, 2.05) is 13.8 Å². The van der Waals surface area contributed by atoms with Gasteiger partial charge in [0, 0.05) is 5.41 Å². The molecule has 1 saturated carbocycles. The van der Waals surface area contributed by atoms with Gasteiger partial charge < -0.3 is 9.84 Å². The topological polar surface area (TPSA) is 46.5 Å². The maximum atomic E-state index is 11.5. The van der Waals surface area contributed by atoms with Gasteiger partial charge in [-0.25, -0.2) is 0 Å². The van der Waals surface area contributed by atoms with Crippen molar-refractivity contribution in [3.8, 4) is 0 Å². The van der Waals surface area contributed by atoms with E-state index >= 15 is 0 Å². The van der Waals surface area contributed by atoms with Crippen LogP contribution in [0.25, 0.3) is 0 Å². The number of ether oxygens (including phenoxy) is 1. The van der Waals surface area contributed by atoms with Crippen LogP contribution in [0, 0.1) is 10.8 Å². The largest absolute Gasteiger partial charge is 0.465 e. The molecule has 1 N–H and O–H groups in total. The van der Waals surface area contributed by atoms with Crippen LogP contribution < -0.4 is 0 Å². The smallest absolute Gasteiger partial charge is 0.312 e. The zero-order valence-corrected chi connectivity index (χ0v) is 8.17. The highest BCUT2D eigenvalue weighted by Gasteiger charge is 2.61. The zero-order chi connectivity index (χ0) is 9.69. The van der Waals surface area contributed by atoms with E-state index in [1.54, 1.807) is 0 Å². The van der Waals surface area contributed by atoms with Crippen molar-refractivity contribution in [3.05, 3.63) is 0 Å². The molecule has 0 aromatic heterocycles. The molecule has 1 heterocycles. The lowest BCUT2D eigenvalue weighted by molar-refractivity contribution is -0.149. The number of rotatable bonds is 0. The van der Waals surface area contributed by atoms with E-state index in [0.717, 1.165) is 19.3 Å². The van der Waals surface area contributed by atoms with Crippen LogP contribution >= 0.6 is 0 Å². The molecule has 3 unspecified atom stereocenters. The minimum atomic E-state index is -0.454. The first kappa shape index (κ1) is 9.00. The Kier molecular flexibility index (Phi) is 1.71. The summed E-state index contributed by atoms with van der Waals surface area (Å²) in [7, 11) is 0. The maximum absolute atomic E-state index is 11.5. The van der Waals surface area contributed by atoms with Crippen LogP contribution in [0.15, 0.2) is 0 Å². The molecular weight excluding hydrogens is 168 g/mol. The number of carbonyl (C=O) groups excluding carboxylic acids is 1. The van der Waals surface area contributed by atoms with Crippen LogP contribution in [0.5, 0.6) is 0 Å². The monoisotopic (exact) mass is 184 g/mol. The first-order valence-electron chi connectivity index (χ1n) is 4.86. The van der Waals surface area contributed by atoms with E-state index in [4.69, 9.17) is 4.74 Å². The van der Waals surface area contributed by atoms with Crippen LogP contribution in [-0.2, 0) is 9.53 Å². The Morgan fingerprint density at radius 1 is 1.54 bits per heavy atom. The molecule has 0 bridgehead atoms. The Labute approximate surface area is 78.1 Å². The molecule has 3 nitrogen and oxygen atoms in total. The van der Waals surface area contributed by atoms with Gasteiger partial charge in [-0.3, -0.25) is 4.79 Å². The third-order valence-electron chi connectivity index (χ3n) is 4.10. The molecule has 0 spiro atoms. The Hall–Kier alpha value is -0.570. The van der Waals surface area contributed by atoms with E-state index in [2.05, 4.69) is 0 Å². The normalized spacial score (nSPS) is 50.1. The maximum Gasteiger partial charge on any atom is 0.312 e. The molecule has 1 saturated heterocycles. The second-order valence-electron chi connectivity index (χ2n) is 4.73. The summed E-state index contributed by atoms with van der Waals surface area (Å²) < 4.78 is 5.08. The summed E-state index contributed by atoms with van der Waals surface area (Å²) in [6, 6.07) is 0. The summed E-state index contributed by atoms with van der Waals surface area (Å²) >= 11 is 0. The first-order chi connectivity index (χ1) is 6.01. The second-order valence-corrected chi connectivity index (χ2v) is 4.73. The van der Waals surface area contributed by atoms with E-state index in [-0.39, 0.29) is 11.4 Å². The quantitative estimate of drug-likeness (QED) is 0.573. The van der Waals surface area contributed by atoms with Gasteiger partial charge in [0.05, 0.1) is 11.5 Å². The van der Waals surface area contributed by atoms with Gasteiger partial charge in [0.1, 0.15) is 6.61 Å². The molecule has 0 aromatic carbocycles. The second kappa shape index (κ2) is 2.47. The van der Waals surface area contributed by atoms with Crippen molar-refractivity contribution in [2.45, 2.75) is 39.2 Å². The molecule has 74 valence electrons. The van der Waals surface area contributed by atoms with Gasteiger partial charge in [0.2, 0.25) is 0 Å². The molecule has 3 heteroatoms. The van der Waals surface area contributed by atoms with Crippen molar-refractivity contribution in [1.82, 2.24) is 0 Å². The molecule has 2 aliphatic rings. The van der Waals surface area contributed by atoms with Crippen LogP contribution in [-0.4, -0.2) is 23.8 Å². The minimum Gasteiger partial charge on any atom is -0.465 e. The van der Waals surface area contributed by atoms with Gasteiger partial charge >= 0.3 is 5.97 Å². The molecule has 3 atom stereocenters. The van der Waals surface area contributed by atoms with Crippen LogP contribution in [0.4, 0.5) is 0 Å². The van der Waals surface area contributed by atoms with Crippen LogP contribution in [0.3, 0.4) is 0 Å². The van der Waals surface area contributed by atoms with Gasteiger partial charge in [0.25, 0.3) is 0 Å². The zero-order valence-electron chi connectivity index (χ0n) is 8.17. The molecule has 2 fully saturated rings. The Bertz CT molecular complexity index is 251. The fourth-order valence-corrected chi connectivity index (χ4v) is 2.59. The molecule has 0 radical (unpaired) electrons. The Balaban J connectivity index is 2.40. The van der Waals surface area contributed by atoms with Crippen molar-refractivity contribution in [1.29, 1.82) is 0 Å². The van der Waals surface area contributed by atoms with Gasteiger partial charge in [-0.1, -0.05) is 6.92 Å². The minimum absolute atomic E-state index is 0.131. The third kappa shape index (κ3) is 0.909. The third-order valence-corrected chi connectivity index (χ3v) is 4.10. The highest BCUT2D eigenvalue weighted by atomic mass is 16.5. The number of cyclic esters (lactones) is 1. The Morgan fingerprint density at radius 2 is 2.23 bits per heavy atom. The number of hydrogen-bond donors (Lipinski definition) is 1. The summed E-state index contributed by atoms with van der Waals surface area (Å²) in [4.78, 5) is 11.5. The molecular formula is C10H16O3. The summed E-state index contributed by atoms with van der Waals surface area (Å²) in [6.45, 7) is 4.26. The molecule has 0 aromatic rings. The van der Waals surface area contributed by atoms with Crippen LogP contribution in [0.1, 0.15) is 33.1 Å². The molecule has 1 aliphatic carbocycles. The molecule has 13 heavy (non-hydrogen) atoms. The summed E-state index contributed by atoms with van der Waals surface area (Å²) in [6.07, 6.45) is 2.17. The fourth-order valence-electron chi connectivity index (χ4n) is 2.59. The van der Waals surface area contributed by atoms with Gasteiger partial charge in [0.15, 0.2) is 0 Å². The predicted molar refractivity (Wildman–Crippen MR) is 47.0 cm³/mol. The molecule has 2 rings (SSSR count). The van der Waals surface area contributed by atoms with E-state index in [1.165, 1.54) is 0 Å².